The summed E-state index contributed by atoms with van der Waals surface area (Å²) in [6.45, 7) is 3.30. The first-order valence-corrected chi connectivity index (χ1v) is 7.89. The lowest BCUT2D eigenvalue weighted by Crippen LogP contribution is -2.35. The smallest absolute Gasteiger partial charge is 0.249 e. The van der Waals surface area contributed by atoms with Crippen LogP contribution < -0.4 is 0 Å². The van der Waals surface area contributed by atoms with E-state index in [0.717, 1.165) is 57.5 Å². The Labute approximate surface area is 126 Å². The summed E-state index contributed by atoms with van der Waals surface area (Å²) < 4.78 is 7.51. The first-order chi connectivity index (χ1) is 10.3. The third kappa shape index (κ3) is 3.21. The number of carbonyl (C=O) groups is 1. The molecule has 21 heavy (non-hydrogen) atoms. The zero-order chi connectivity index (χ0) is 14.7. The Hall–Kier alpha value is -1.55. The molecule has 0 N–H and O–H groups in total. The highest BCUT2D eigenvalue weighted by Crippen LogP contribution is 2.24. The Morgan fingerprint density at radius 2 is 2.33 bits per heavy atom. The molecule has 1 aromatic heterocycles. The van der Waals surface area contributed by atoms with Crippen LogP contribution in [-0.2, 0) is 22.6 Å². The second kappa shape index (κ2) is 6.48. The summed E-state index contributed by atoms with van der Waals surface area (Å²) in [4.78, 5) is 14.8. The molecule has 114 valence electrons. The van der Waals surface area contributed by atoms with E-state index in [0.29, 0.717) is 5.92 Å². The third-order valence-corrected chi connectivity index (χ3v) is 4.54. The van der Waals surface area contributed by atoms with Gasteiger partial charge in [-0.15, -0.1) is 0 Å². The summed E-state index contributed by atoms with van der Waals surface area (Å²) in [5.41, 5.74) is 2.25. The number of methoxy groups -OCH3 is 1. The number of hydrogen-bond acceptors (Lipinski definition) is 2. The Morgan fingerprint density at radius 3 is 3.10 bits per heavy atom. The molecule has 0 saturated carbocycles. The van der Waals surface area contributed by atoms with Crippen molar-refractivity contribution in [2.75, 3.05) is 20.3 Å². The Morgan fingerprint density at radius 1 is 1.43 bits per heavy atom. The molecule has 1 aliphatic heterocycles. The monoisotopic (exact) mass is 288 g/mol. The van der Waals surface area contributed by atoms with E-state index in [9.17, 15) is 4.79 Å². The van der Waals surface area contributed by atoms with E-state index in [2.05, 4.69) is 29.0 Å². The van der Waals surface area contributed by atoms with Gasteiger partial charge in [-0.2, -0.15) is 0 Å². The van der Waals surface area contributed by atoms with E-state index in [-0.39, 0.29) is 5.91 Å². The van der Waals surface area contributed by atoms with Gasteiger partial charge in [-0.1, -0.05) is 6.08 Å². The molecule has 0 bridgehead atoms. The molecule has 3 rings (SSSR count). The summed E-state index contributed by atoms with van der Waals surface area (Å²) in [6, 6.07) is 4.20. The SMILES string of the molecule is COCC[C@H]1CN(C(=O)C2=CCCC2)Cc2cccn2C1. The standard InChI is InChI=1S/C17H24N2O2/c1-21-10-8-14-11-18-9-4-7-16(18)13-19(12-14)17(20)15-5-2-3-6-15/h4-5,7,9,14H,2-3,6,8,10-13H2,1H3/t14-/m1/s1. The average molecular weight is 288 g/mol. The van der Waals surface area contributed by atoms with Crippen molar-refractivity contribution in [3.63, 3.8) is 0 Å². The van der Waals surface area contributed by atoms with Crippen LogP contribution in [0.5, 0.6) is 0 Å². The first-order valence-electron chi connectivity index (χ1n) is 7.89. The highest BCUT2D eigenvalue weighted by Gasteiger charge is 2.27. The summed E-state index contributed by atoms with van der Waals surface area (Å²) in [7, 11) is 1.74. The van der Waals surface area contributed by atoms with Crippen LogP contribution >= 0.6 is 0 Å². The molecule has 0 spiro atoms. The maximum Gasteiger partial charge on any atom is 0.249 e. The van der Waals surface area contributed by atoms with Gasteiger partial charge in [-0.25, -0.2) is 0 Å². The van der Waals surface area contributed by atoms with Gasteiger partial charge >= 0.3 is 0 Å². The van der Waals surface area contributed by atoms with Crippen molar-refractivity contribution >= 4 is 5.91 Å². The molecule has 0 unspecified atom stereocenters. The summed E-state index contributed by atoms with van der Waals surface area (Å²) in [6.07, 6.45) is 8.36. The van der Waals surface area contributed by atoms with Crippen LogP contribution in [0, 0.1) is 5.92 Å². The molecule has 1 aromatic rings. The molecule has 1 atom stereocenters. The summed E-state index contributed by atoms with van der Waals surface area (Å²) in [5.74, 6) is 0.703. The molecular weight excluding hydrogens is 264 g/mol. The third-order valence-electron chi connectivity index (χ3n) is 4.54. The number of amides is 1. The van der Waals surface area contributed by atoms with Crippen LogP contribution in [-0.4, -0.2) is 35.6 Å². The van der Waals surface area contributed by atoms with Crippen LogP contribution in [0.2, 0.25) is 0 Å². The van der Waals surface area contributed by atoms with E-state index in [1.807, 2.05) is 4.90 Å². The van der Waals surface area contributed by atoms with Crippen molar-refractivity contribution in [1.82, 2.24) is 9.47 Å². The minimum Gasteiger partial charge on any atom is -0.385 e. The predicted molar refractivity (Wildman–Crippen MR) is 81.8 cm³/mol. The second-order valence-electron chi connectivity index (χ2n) is 6.11. The van der Waals surface area contributed by atoms with Crippen LogP contribution in [0.15, 0.2) is 30.0 Å². The van der Waals surface area contributed by atoms with E-state index < -0.39 is 0 Å². The van der Waals surface area contributed by atoms with Crippen LogP contribution in [0.1, 0.15) is 31.4 Å². The van der Waals surface area contributed by atoms with Gasteiger partial charge in [0.2, 0.25) is 5.91 Å². The van der Waals surface area contributed by atoms with Crippen molar-refractivity contribution in [2.24, 2.45) is 5.92 Å². The number of ether oxygens (including phenoxy) is 1. The number of aromatic nitrogens is 1. The molecule has 4 nitrogen and oxygen atoms in total. The van der Waals surface area contributed by atoms with Crippen molar-refractivity contribution in [3.8, 4) is 0 Å². The normalized spacial score (nSPS) is 21.9. The molecule has 1 aliphatic carbocycles. The van der Waals surface area contributed by atoms with Gasteiger partial charge < -0.3 is 14.2 Å². The number of fused-ring (bicyclic) bond motifs is 1. The minimum atomic E-state index is 0.240. The zero-order valence-electron chi connectivity index (χ0n) is 12.8. The van der Waals surface area contributed by atoms with Gasteiger partial charge in [0.1, 0.15) is 0 Å². The zero-order valence-corrected chi connectivity index (χ0v) is 12.8. The molecule has 2 aliphatic rings. The van der Waals surface area contributed by atoms with E-state index in [1.165, 1.54) is 5.69 Å². The molecule has 4 heteroatoms. The predicted octanol–water partition coefficient (Wildman–Crippen LogP) is 2.59. The fourth-order valence-electron chi connectivity index (χ4n) is 3.37. The summed E-state index contributed by atoms with van der Waals surface area (Å²) >= 11 is 0. The molecular formula is C17H24N2O2. The van der Waals surface area contributed by atoms with Gasteiger partial charge in [-0.3, -0.25) is 4.79 Å². The number of rotatable bonds is 4. The Kier molecular flexibility index (Phi) is 4.44. The average Bonchev–Trinajstić information content (AvgIpc) is 3.13. The quantitative estimate of drug-likeness (QED) is 0.853. The maximum atomic E-state index is 12.7. The van der Waals surface area contributed by atoms with Crippen molar-refractivity contribution in [1.29, 1.82) is 0 Å². The van der Waals surface area contributed by atoms with Crippen LogP contribution in [0.3, 0.4) is 0 Å². The van der Waals surface area contributed by atoms with Crippen molar-refractivity contribution < 1.29 is 9.53 Å². The van der Waals surface area contributed by atoms with E-state index in [4.69, 9.17) is 4.74 Å². The van der Waals surface area contributed by atoms with Crippen LogP contribution in [0.4, 0.5) is 0 Å². The maximum absolute atomic E-state index is 12.7. The van der Waals surface area contributed by atoms with E-state index >= 15 is 0 Å². The molecule has 2 heterocycles. The van der Waals surface area contributed by atoms with Crippen LogP contribution in [0.25, 0.3) is 0 Å². The van der Waals surface area contributed by atoms with Crippen molar-refractivity contribution in [3.05, 3.63) is 35.7 Å². The van der Waals surface area contributed by atoms with Gasteiger partial charge in [0.05, 0.1) is 6.54 Å². The lowest BCUT2D eigenvalue weighted by molar-refractivity contribution is -0.128. The number of hydrogen-bond donors (Lipinski definition) is 0. The fourth-order valence-corrected chi connectivity index (χ4v) is 3.37. The van der Waals surface area contributed by atoms with E-state index in [1.54, 1.807) is 7.11 Å². The number of nitrogens with zero attached hydrogens (tertiary/aromatic N) is 2. The second-order valence-corrected chi connectivity index (χ2v) is 6.11. The highest BCUT2D eigenvalue weighted by atomic mass is 16.5. The minimum absolute atomic E-state index is 0.240. The molecule has 0 aromatic carbocycles. The topological polar surface area (TPSA) is 34.5 Å². The Bertz CT molecular complexity index is 533. The first kappa shape index (κ1) is 14.4. The largest absolute Gasteiger partial charge is 0.385 e. The molecule has 0 saturated heterocycles. The Balaban J connectivity index is 1.77. The van der Waals surface area contributed by atoms with Gasteiger partial charge in [0.25, 0.3) is 0 Å². The van der Waals surface area contributed by atoms with Crippen molar-refractivity contribution in [2.45, 2.75) is 38.8 Å². The highest BCUT2D eigenvalue weighted by molar-refractivity contribution is 5.93. The van der Waals surface area contributed by atoms with Gasteiger partial charge in [0, 0.05) is 44.3 Å². The summed E-state index contributed by atoms with van der Waals surface area (Å²) in [5, 5.41) is 0. The number of allylic oxidation sites excluding steroid dienone is 1. The molecule has 0 fully saturated rings. The lowest BCUT2D eigenvalue weighted by atomic mass is 10.0. The molecule has 1 amide bonds. The molecule has 0 radical (unpaired) electrons. The fraction of sp³-hybridized carbons (Fsp3) is 0.588. The van der Waals surface area contributed by atoms with Gasteiger partial charge in [0.15, 0.2) is 0 Å². The lowest BCUT2D eigenvalue weighted by Gasteiger charge is -2.24. The van der Waals surface area contributed by atoms with Gasteiger partial charge in [-0.05, 0) is 43.7 Å². The number of carbonyl (C=O) groups excluding carboxylic acids is 1.